The molecule has 1 N–H and O–H groups in total. The van der Waals surface area contributed by atoms with E-state index in [1.165, 1.54) is 23.6 Å². The van der Waals surface area contributed by atoms with Gasteiger partial charge in [0.15, 0.2) is 5.66 Å². The maximum absolute atomic E-state index is 13.8. The quantitative estimate of drug-likeness (QED) is 0.433. The minimum atomic E-state index is -3.83. The van der Waals surface area contributed by atoms with Crippen LogP contribution in [0, 0.1) is 11.6 Å². The van der Waals surface area contributed by atoms with E-state index >= 15 is 0 Å². The van der Waals surface area contributed by atoms with Crippen LogP contribution in [0.3, 0.4) is 0 Å². The van der Waals surface area contributed by atoms with Gasteiger partial charge < -0.3 is 14.4 Å². The van der Waals surface area contributed by atoms with E-state index in [-0.39, 0.29) is 18.8 Å². The Morgan fingerprint density at radius 3 is 2.74 bits per heavy atom. The molecule has 1 unspecified atom stereocenters. The van der Waals surface area contributed by atoms with Gasteiger partial charge in [0, 0.05) is 21.5 Å². The molecule has 0 radical (unpaired) electrons. The van der Waals surface area contributed by atoms with Gasteiger partial charge in [-0.05, 0) is 65.2 Å². The fraction of sp³-hybridized carbons (Fsp3) is 0.190. The molecule has 2 heterocycles. The number of rotatable bonds is 5. The minimum absolute atomic E-state index is 0.0404. The molecule has 10 heteroatoms. The molecule has 0 aliphatic carbocycles. The van der Waals surface area contributed by atoms with Crippen LogP contribution < -0.4 is 5.32 Å². The Bertz CT molecular complexity index is 1210. The lowest BCUT2D eigenvalue weighted by Crippen LogP contribution is -2.28. The zero-order valence-electron chi connectivity index (χ0n) is 16.0. The highest BCUT2D eigenvalue weighted by Crippen LogP contribution is 2.63. The topological polar surface area (TPSA) is 64.6 Å². The van der Waals surface area contributed by atoms with Crippen molar-refractivity contribution in [1.29, 1.82) is 0 Å². The van der Waals surface area contributed by atoms with Gasteiger partial charge in [-0.3, -0.25) is 9.36 Å². The number of thiophene rings is 1. The van der Waals surface area contributed by atoms with Crippen molar-refractivity contribution in [2.75, 3.05) is 13.2 Å². The molecule has 2 aromatic carbocycles. The summed E-state index contributed by atoms with van der Waals surface area (Å²) in [6, 6.07) is 8.22. The van der Waals surface area contributed by atoms with Crippen LogP contribution in [0.25, 0.3) is 16.2 Å². The number of nitrogens with one attached hydrogen (secondary N) is 1. The Morgan fingerprint density at radius 1 is 1.19 bits per heavy atom. The number of fused-ring (bicyclic) bond motifs is 1. The maximum Gasteiger partial charge on any atom is 0.347 e. The molecule has 1 aromatic heterocycles. The van der Waals surface area contributed by atoms with Crippen molar-refractivity contribution in [2.45, 2.75) is 12.1 Å². The monoisotopic (exact) mass is 483 g/mol. The molecule has 1 atom stereocenters. The molecule has 4 rings (SSSR count). The van der Waals surface area contributed by atoms with Gasteiger partial charge in [-0.25, -0.2) is 8.78 Å². The third-order valence-corrected chi connectivity index (χ3v) is 8.15. The van der Waals surface area contributed by atoms with Gasteiger partial charge in [0.1, 0.15) is 11.6 Å². The van der Waals surface area contributed by atoms with Gasteiger partial charge in [0.2, 0.25) is 5.91 Å². The molecule has 1 fully saturated rings. The zero-order valence-corrected chi connectivity index (χ0v) is 18.5. The molecule has 1 aliphatic heterocycles. The number of carbonyl (C=O) groups excluding carboxylic acids is 1. The van der Waals surface area contributed by atoms with Crippen molar-refractivity contribution < 1.29 is 27.2 Å². The normalized spacial score (nSPS) is 17.1. The van der Waals surface area contributed by atoms with E-state index in [0.717, 1.165) is 22.9 Å². The van der Waals surface area contributed by atoms with Crippen LogP contribution in [0.4, 0.5) is 8.78 Å². The second kappa shape index (κ2) is 9.18. The van der Waals surface area contributed by atoms with Crippen LogP contribution in [-0.4, -0.2) is 19.1 Å². The summed E-state index contributed by atoms with van der Waals surface area (Å²) >= 11 is 7.50. The zero-order chi connectivity index (χ0) is 22.0. The van der Waals surface area contributed by atoms with Crippen molar-refractivity contribution in [3.8, 4) is 0 Å². The first-order valence-electron chi connectivity index (χ1n) is 9.35. The molecule has 0 bridgehead atoms. The van der Waals surface area contributed by atoms with Crippen LogP contribution in [0.5, 0.6) is 0 Å². The predicted octanol–water partition coefficient (Wildman–Crippen LogP) is 6.29. The largest absolute Gasteiger partial charge is 0.347 e. The highest BCUT2D eigenvalue weighted by molar-refractivity contribution is 7.55. The predicted molar refractivity (Wildman–Crippen MR) is 117 cm³/mol. The van der Waals surface area contributed by atoms with Crippen molar-refractivity contribution in [3.05, 3.63) is 75.8 Å². The first-order valence-corrected chi connectivity index (χ1v) is 12.2. The van der Waals surface area contributed by atoms with Crippen molar-refractivity contribution in [2.24, 2.45) is 0 Å². The van der Waals surface area contributed by atoms with Gasteiger partial charge in [-0.2, -0.15) is 0 Å². The van der Waals surface area contributed by atoms with Gasteiger partial charge in [-0.15, -0.1) is 11.3 Å². The summed E-state index contributed by atoms with van der Waals surface area (Å²) in [5, 5.41) is 5.36. The smallest absolute Gasteiger partial charge is 0.332 e. The van der Waals surface area contributed by atoms with Crippen molar-refractivity contribution in [3.63, 3.8) is 0 Å². The average molecular weight is 484 g/mol. The molecule has 1 amide bonds. The van der Waals surface area contributed by atoms with Gasteiger partial charge >= 0.3 is 7.60 Å². The third kappa shape index (κ3) is 4.73. The van der Waals surface area contributed by atoms with Gasteiger partial charge in [0.05, 0.1) is 13.2 Å². The number of benzene rings is 2. The van der Waals surface area contributed by atoms with Gasteiger partial charge in [-0.1, -0.05) is 11.6 Å². The fourth-order valence-electron chi connectivity index (χ4n) is 3.25. The third-order valence-electron chi connectivity index (χ3n) is 4.70. The Hall–Kier alpha value is -2.09. The number of amides is 1. The molecule has 0 spiro atoms. The van der Waals surface area contributed by atoms with E-state index in [0.29, 0.717) is 22.4 Å². The highest BCUT2D eigenvalue weighted by atomic mass is 35.5. The van der Waals surface area contributed by atoms with E-state index in [9.17, 15) is 18.1 Å². The van der Waals surface area contributed by atoms with Crippen LogP contribution in [-0.2, 0) is 18.4 Å². The van der Waals surface area contributed by atoms with E-state index in [1.54, 1.807) is 17.5 Å². The number of carbonyl (C=O) groups is 1. The fourth-order valence-corrected chi connectivity index (χ4v) is 6.55. The Labute approximate surface area is 186 Å². The van der Waals surface area contributed by atoms with E-state index in [2.05, 4.69) is 5.32 Å². The Balaban J connectivity index is 1.68. The second-order valence-corrected chi connectivity index (χ2v) is 10.3. The average Bonchev–Trinajstić information content (AvgIpc) is 3.13. The lowest BCUT2D eigenvalue weighted by Gasteiger charge is -2.29. The highest BCUT2D eigenvalue weighted by Gasteiger charge is 2.45. The first-order chi connectivity index (χ1) is 14.9. The van der Waals surface area contributed by atoms with E-state index in [1.807, 2.05) is 6.07 Å². The summed E-state index contributed by atoms with van der Waals surface area (Å²) in [6.07, 6.45) is 2.95. The molecule has 1 aliphatic rings. The number of hydrogen-bond acceptors (Lipinski definition) is 5. The summed E-state index contributed by atoms with van der Waals surface area (Å²) in [5.41, 5.74) is -0.820. The SMILES string of the molecule is O=C(NC=Cc1cc(F)ccc1F)C(c1csc2ccc(Cl)cc12)P1(=O)OCCCO1. The Morgan fingerprint density at radius 2 is 1.97 bits per heavy atom. The van der Waals surface area contributed by atoms with E-state index in [4.69, 9.17) is 20.6 Å². The summed E-state index contributed by atoms with van der Waals surface area (Å²) in [5.74, 6) is -1.91. The second-order valence-electron chi connectivity index (χ2n) is 6.80. The number of halogens is 3. The first kappa shape index (κ1) is 22.1. The summed E-state index contributed by atoms with van der Waals surface area (Å²) in [4.78, 5) is 13.1. The van der Waals surface area contributed by atoms with Crippen molar-refractivity contribution in [1.82, 2.24) is 5.32 Å². The van der Waals surface area contributed by atoms with E-state index < -0.39 is 30.8 Å². The molecular weight excluding hydrogens is 467 g/mol. The Kier molecular flexibility index (Phi) is 6.55. The lowest BCUT2D eigenvalue weighted by atomic mass is 10.1. The molecule has 162 valence electrons. The molecule has 5 nitrogen and oxygen atoms in total. The van der Waals surface area contributed by atoms with Crippen LogP contribution in [0.15, 0.2) is 48.0 Å². The van der Waals surface area contributed by atoms with Crippen LogP contribution in [0.2, 0.25) is 5.02 Å². The minimum Gasteiger partial charge on any atom is -0.332 e. The number of hydrogen-bond donors (Lipinski definition) is 1. The van der Waals surface area contributed by atoms with Crippen LogP contribution in [0.1, 0.15) is 23.2 Å². The van der Waals surface area contributed by atoms with Gasteiger partial charge in [0.25, 0.3) is 0 Å². The standard InChI is InChI=1S/C21H17ClF2NO4PS/c22-14-2-5-19-16(11-14)17(12-31-19)20(30(27)28-8-1-9-29-30)21(26)25-7-6-13-10-15(23)3-4-18(13)24/h2-7,10-12,20H,1,8-9H2,(H,25,26). The van der Waals surface area contributed by atoms with Crippen LogP contribution >= 0.6 is 30.5 Å². The molecule has 31 heavy (non-hydrogen) atoms. The summed E-state index contributed by atoms with van der Waals surface area (Å²) in [6.45, 7) is 0.405. The lowest BCUT2D eigenvalue weighted by molar-refractivity contribution is -0.120. The molecular formula is C21H17ClF2NO4PS. The summed E-state index contributed by atoms with van der Waals surface area (Å²) < 4.78 is 52.4. The summed E-state index contributed by atoms with van der Waals surface area (Å²) in [7, 11) is -3.83. The molecule has 0 saturated carbocycles. The maximum atomic E-state index is 13.8. The van der Waals surface area contributed by atoms with Crippen molar-refractivity contribution >= 4 is 52.6 Å². The molecule has 3 aromatic rings. The molecule has 1 saturated heterocycles.